The molecule has 4 fully saturated rings. The van der Waals surface area contributed by atoms with E-state index in [4.69, 9.17) is 33.2 Å². The monoisotopic (exact) mass is 666 g/mol. The van der Waals surface area contributed by atoms with Crippen LogP contribution in [-0.4, -0.2) is 221 Å². The average Bonchev–Trinajstić information content (AvgIpc) is 3.02. The maximum Gasteiger partial charge on any atom is 0.187 e. The third kappa shape index (κ3) is 7.59. The highest BCUT2D eigenvalue weighted by atomic mass is 16.8. The van der Waals surface area contributed by atoms with Crippen LogP contribution in [0.15, 0.2) is 0 Å². The standard InChI is InChI=1S/C24H42O21/c25-1-5-9(28)12(31)15(34)22(41-5)39-4-8-19(44-23-16(35)13(32)10(29)6(2-26)42-23)18(37)20(21(38)40-8)45-24-17(36)14(33)11(30)7(3-27)43-24/h5-38H,1-4H2/t5-,6-,7-,8-,9-,10-,11-,12+,13+,14+,15+,16+,17+,18+,19-,20+,21+,22+,23-,24-/m1/s1. The SMILES string of the molecule is OC[C@H]1O[C@H](OC[C@H]2O[C@H](O)[C@@H](O[C@H]3O[C@H](CO)[C@@H](O)[C@H](O)[C@@H]3O)[C@@H](O)[C@@H]2O[C@H]2O[C@H](CO)[C@@H](O)[C@H](O)[C@@H]2O)[C@@H](O)[C@@H](O)[C@@H]1O. The maximum absolute atomic E-state index is 11.3. The minimum Gasteiger partial charge on any atom is -0.394 e. The van der Waals surface area contributed by atoms with Gasteiger partial charge >= 0.3 is 0 Å². The molecule has 45 heavy (non-hydrogen) atoms. The van der Waals surface area contributed by atoms with Crippen LogP contribution in [0.2, 0.25) is 0 Å². The molecule has 0 aromatic carbocycles. The molecule has 4 rings (SSSR count). The predicted molar refractivity (Wildman–Crippen MR) is 134 cm³/mol. The fourth-order valence-corrected chi connectivity index (χ4v) is 5.42. The van der Waals surface area contributed by atoms with Crippen LogP contribution in [0.5, 0.6) is 0 Å². The van der Waals surface area contributed by atoms with Gasteiger partial charge in [0.2, 0.25) is 0 Å². The molecule has 264 valence electrons. The zero-order valence-electron chi connectivity index (χ0n) is 23.5. The van der Waals surface area contributed by atoms with Crippen LogP contribution in [0.1, 0.15) is 0 Å². The second kappa shape index (κ2) is 15.6. The number of aliphatic hydroxyl groups excluding tert-OH is 14. The van der Waals surface area contributed by atoms with Gasteiger partial charge in [-0.05, 0) is 0 Å². The Morgan fingerprint density at radius 1 is 0.378 bits per heavy atom. The molecule has 0 unspecified atom stereocenters. The van der Waals surface area contributed by atoms with Gasteiger partial charge in [-0.15, -0.1) is 0 Å². The van der Waals surface area contributed by atoms with E-state index in [1.165, 1.54) is 0 Å². The Morgan fingerprint density at radius 2 is 0.756 bits per heavy atom. The Hall–Kier alpha value is -0.840. The Balaban J connectivity index is 1.55. The van der Waals surface area contributed by atoms with Crippen LogP contribution in [0.4, 0.5) is 0 Å². The average molecular weight is 667 g/mol. The van der Waals surface area contributed by atoms with E-state index in [0.29, 0.717) is 0 Å². The zero-order valence-corrected chi connectivity index (χ0v) is 23.5. The molecule has 0 bridgehead atoms. The number of rotatable bonds is 10. The van der Waals surface area contributed by atoms with Crippen molar-refractivity contribution in [3.05, 3.63) is 0 Å². The molecule has 0 aromatic rings. The summed E-state index contributed by atoms with van der Waals surface area (Å²) in [5, 5.41) is 142. The van der Waals surface area contributed by atoms with Crippen molar-refractivity contribution in [3.8, 4) is 0 Å². The summed E-state index contributed by atoms with van der Waals surface area (Å²) in [5.74, 6) is 0. The molecule has 14 N–H and O–H groups in total. The third-order valence-corrected chi connectivity index (χ3v) is 8.19. The number of hydrogen-bond donors (Lipinski definition) is 14. The molecule has 0 saturated carbocycles. The molecular formula is C24H42O21. The molecular weight excluding hydrogens is 624 g/mol. The topological polar surface area (TPSA) is 348 Å². The van der Waals surface area contributed by atoms with E-state index in [-0.39, 0.29) is 0 Å². The van der Waals surface area contributed by atoms with Crippen molar-refractivity contribution in [1.29, 1.82) is 0 Å². The summed E-state index contributed by atoms with van der Waals surface area (Å²) in [4.78, 5) is 0. The van der Waals surface area contributed by atoms with Crippen molar-refractivity contribution in [2.45, 2.75) is 123 Å². The molecule has 4 aliphatic heterocycles. The van der Waals surface area contributed by atoms with Crippen LogP contribution in [0.3, 0.4) is 0 Å². The molecule has 4 saturated heterocycles. The van der Waals surface area contributed by atoms with Crippen LogP contribution in [0, 0.1) is 0 Å². The molecule has 0 radical (unpaired) electrons. The minimum atomic E-state index is -2.09. The van der Waals surface area contributed by atoms with Gasteiger partial charge in [0.15, 0.2) is 25.2 Å². The lowest BCUT2D eigenvalue weighted by Crippen LogP contribution is -2.67. The molecule has 0 spiro atoms. The van der Waals surface area contributed by atoms with Gasteiger partial charge < -0.3 is 105 Å². The van der Waals surface area contributed by atoms with E-state index in [1.807, 2.05) is 0 Å². The molecule has 21 nitrogen and oxygen atoms in total. The lowest BCUT2D eigenvalue weighted by atomic mass is 9.96. The smallest absolute Gasteiger partial charge is 0.187 e. The lowest BCUT2D eigenvalue weighted by molar-refractivity contribution is -0.387. The van der Waals surface area contributed by atoms with E-state index in [1.54, 1.807) is 0 Å². The lowest BCUT2D eigenvalue weighted by Gasteiger charge is -2.48. The quantitative estimate of drug-likeness (QED) is 0.103. The Morgan fingerprint density at radius 3 is 1.18 bits per heavy atom. The largest absolute Gasteiger partial charge is 0.394 e. The molecule has 0 aromatic heterocycles. The second-order valence-electron chi connectivity index (χ2n) is 11.2. The maximum atomic E-state index is 11.3. The molecule has 0 amide bonds. The van der Waals surface area contributed by atoms with Crippen molar-refractivity contribution < 1.29 is 105 Å². The van der Waals surface area contributed by atoms with Crippen molar-refractivity contribution in [1.82, 2.24) is 0 Å². The fourth-order valence-electron chi connectivity index (χ4n) is 5.42. The summed E-state index contributed by atoms with van der Waals surface area (Å²) >= 11 is 0. The van der Waals surface area contributed by atoms with Crippen molar-refractivity contribution in [2.75, 3.05) is 26.4 Å². The van der Waals surface area contributed by atoms with Gasteiger partial charge in [-0.1, -0.05) is 0 Å². The summed E-state index contributed by atoms with van der Waals surface area (Å²) in [5.41, 5.74) is 0. The summed E-state index contributed by atoms with van der Waals surface area (Å²) in [7, 11) is 0. The first-order chi connectivity index (χ1) is 21.2. The van der Waals surface area contributed by atoms with Crippen LogP contribution < -0.4 is 0 Å². The summed E-state index contributed by atoms with van der Waals surface area (Å²) in [6, 6.07) is 0. The molecule has 20 atom stereocenters. The van der Waals surface area contributed by atoms with Crippen molar-refractivity contribution in [2.24, 2.45) is 0 Å². The van der Waals surface area contributed by atoms with Gasteiger partial charge in [0.1, 0.15) is 97.7 Å². The van der Waals surface area contributed by atoms with Gasteiger partial charge in [-0.2, -0.15) is 0 Å². The van der Waals surface area contributed by atoms with Crippen LogP contribution in [0.25, 0.3) is 0 Å². The fraction of sp³-hybridized carbons (Fsp3) is 1.00. The first-order valence-corrected chi connectivity index (χ1v) is 14.1. The third-order valence-electron chi connectivity index (χ3n) is 8.19. The van der Waals surface area contributed by atoms with E-state index in [0.717, 1.165) is 0 Å². The van der Waals surface area contributed by atoms with Gasteiger partial charge in [0.25, 0.3) is 0 Å². The second-order valence-corrected chi connectivity index (χ2v) is 11.2. The van der Waals surface area contributed by atoms with Gasteiger partial charge in [0.05, 0.1) is 26.4 Å². The molecule has 4 aliphatic rings. The van der Waals surface area contributed by atoms with Gasteiger partial charge in [0, 0.05) is 0 Å². The Labute approximate surface area is 254 Å². The van der Waals surface area contributed by atoms with E-state index < -0.39 is 149 Å². The summed E-state index contributed by atoms with van der Waals surface area (Å²) in [6.45, 7) is -3.18. The Kier molecular flexibility index (Phi) is 12.8. The Bertz CT molecular complexity index is 910. The first kappa shape index (κ1) is 37.0. The minimum absolute atomic E-state index is 0.744. The van der Waals surface area contributed by atoms with E-state index in [2.05, 4.69) is 0 Å². The molecule has 21 heteroatoms. The highest BCUT2D eigenvalue weighted by Crippen LogP contribution is 2.33. The normalized spacial score (nSPS) is 52.9. The van der Waals surface area contributed by atoms with Crippen molar-refractivity contribution in [3.63, 3.8) is 0 Å². The summed E-state index contributed by atoms with van der Waals surface area (Å²) < 4.78 is 37.9. The van der Waals surface area contributed by atoms with Gasteiger partial charge in [-0.3, -0.25) is 0 Å². The highest BCUT2D eigenvalue weighted by molar-refractivity contribution is 4.97. The number of aliphatic hydroxyl groups is 14. The summed E-state index contributed by atoms with van der Waals surface area (Å²) in [6.07, 6.45) is -35.7. The van der Waals surface area contributed by atoms with Crippen LogP contribution in [-0.2, 0) is 33.2 Å². The van der Waals surface area contributed by atoms with Crippen LogP contribution >= 0.6 is 0 Å². The first-order valence-electron chi connectivity index (χ1n) is 14.1. The number of ether oxygens (including phenoxy) is 7. The highest BCUT2D eigenvalue weighted by Gasteiger charge is 2.54. The number of hydrogen-bond acceptors (Lipinski definition) is 21. The van der Waals surface area contributed by atoms with Crippen molar-refractivity contribution >= 4 is 0 Å². The van der Waals surface area contributed by atoms with Gasteiger partial charge in [-0.25, -0.2) is 0 Å². The molecule has 0 aliphatic carbocycles. The van der Waals surface area contributed by atoms with E-state index >= 15 is 0 Å². The van der Waals surface area contributed by atoms with E-state index in [9.17, 15) is 71.5 Å². The predicted octanol–water partition coefficient (Wildman–Crippen LogP) is -9.75. The molecule has 4 heterocycles. The zero-order chi connectivity index (χ0) is 33.3.